The summed E-state index contributed by atoms with van der Waals surface area (Å²) < 4.78 is 0. The van der Waals surface area contributed by atoms with Gasteiger partial charge in [-0.05, 0) is 25.7 Å². The molecule has 2 heteroatoms. The summed E-state index contributed by atoms with van der Waals surface area (Å²) in [6.45, 7) is 8.00. The van der Waals surface area contributed by atoms with Gasteiger partial charge in [0.15, 0.2) is 0 Å². The van der Waals surface area contributed by atoms with E-state index in [1.807, 2.05) is 39.6 Å². The monoisotopic (exact) mass is 199 g/mol. The van der Waals surface area contributed by atoms with E-state index in [0.717, 1.165) is 12.8 Å². The molecule has 0 aromatic heterocycles. The molecule has 1 saturated heterocycles. The highest BCUT2D eigenvalue weighted by Gasteiger charge is 2.49. The zero-order valence-electron chi connectivity index (χ0n) is 10.4. The highest BCUT2D eigenvalue weighted by molar-refractivity contribution is 5.78. The van der Waals surface area contributed by atoms with Crippen molar-refractivity contribution in [3.05, 3.63) is 0 Å². The molecule has 0 aromatic carbocycles. The van der Waals surface area contributed by atoms with Crippen molar-refractivity contribution in [2.24, 2.45) is 0 Å². The van der Waals surface area contributed by atoms with Crippen LogP contribution in [0.4, 0.5) is 0 Å². The lowest BCUT2D eigenvalue weighted by atomic mass is 10.0. The van der Waals surface area contributed by atoms with Gasteiger partial charge in [-0.1, -0.05) is 27.7 Å². The average Bonchev–Trinajstić information content (AvgIpc) is 3.02. The van der Waals surface area contributed by atoms with Crippen LogP contribution in [-0.4, -0.2) is 23.4 Å². The van der Waals surface area contributed by atoms with E-state index in [0.29, 0.717) is 11.4 Å². The van der Waals surface area contributed by atoms with Crippen LogP contribution in [0.15, 0.2) is 0 Å². The summed E-state index contributed by atoms with van der Waals surface area (Å²) >= 11 is 0. The van der Waals surface area contributed by atoms with Gasteiger partial charge in [-0.3, -0.25) is 4.79 Å². The Balaban J connectivity index is 0.000000379. The highest BCUT2D eigenvalue weighted by atomic mass is 16.2. The zero-order chi connectivity index (χ0) is 11.2. The third kappa shape index (κ3) is 2.73. The second-order valence-corrected chi connectivity index (χ2v) is 3.53. The van der Waals surface area contributed by atoms with Crippen molar-refractivity contribution in [1.29, 1.82) is 0 Å². The van der Waals surface area contributed by atoms with Gasteiger partial charge >= 0.3 is 0 Å². The number of nitrogens with zero attached hydrogens (tertiary/aromatic N) is 1. The van der Waals surface area contributed by atoms with Gasteiger partial charge in [0.2, 0.25) is 5.91 Å². The van der Waals surface area contributed by atoms with Gasteiger partial charge in [-0.15, -0.1) is 0 Å². The topological polar surface area (TPSA) is 20.3 Å². The number of piperidine rings is 1. The first-order valence-corrected chi connectivity index (χ1v) is 6.01. The van der Waals surface area contributed by atoms with E-state index in [-0.39, 0.29) is 0 Å². The number of amides is 1. The Kier molecular flexibility index (Phi) is 5.82. The Morgan fingerprint density at radius 1 is 1.07 bits per heavy atom. The first-order chi connectivity index (χ1) is 6.75. The standard InChI is InChI=1S/C8H13NO.2C2H6/c1-9-7(10)3-2-4-8(9)5-6-8;2*1-2/h2-6H2,1H3;2*1-2H3. The molecule has 1 heterocycles. The molecule has 84 valence electrons. The molecule has 2 rings (SSSR count). The molecule has 2 aliphatic rings. The first kappa shape index (κ1) is 13.5. The molecular weight excluding hydrogens is 174 g/mol. The third-order valence-corrected chi connectivity index (χ3v) is 2.95. The van der Waals surface area contributed by atoms with Gasteiger partial charge in [0.25, 0.3) is 0 Å². The van der Waals surface area contributed by atoms with Crippen LogP contribution in [0.1, 0.15) is 59.8 Å². The molecule has 0 bridgehead atoms. The summed E-state index contributed by atoms with van der Waals surface area (Å²) in [6.07, 6.45) is 5.63. The molecule has 0 unspecified atom stereocenters. The molecular formula is C12H25NO. The maximum absolute atomic E-state index is 11.2. The van der Waals surface area contributed by atoms with Crippen LogP contribution in [0.5, 0.6) is 0 Å². The smallest absolute Gasteiger partial charge is 0.222 e. The lowest BCUT2D eigenvalue weighted by Gasteiger charge is -2.32. The van der Waals surface area contributed by atoms with Crippen LogP contribution in [0.2, 0.25) is 0 Å². The van der Waals surface area contributed by atoms with Gasteiger partial charge < -0.3 is 4.90 Å². The minimum atomic E-state index is 0.343. The van der Waals surface area contributed by atoms with Gasteiger partial charge in [0.05, 0.1) is 0 Å². The quantitative estimate of drug-likeness (QED) is 0.586. The van der Waals surface area contributed by atoms with Gasteiger partial charge in [-0.25, -0.2) is 0 Å². The molecule has 1 aliphatic carbocycles. The summed E-state index contributed by atoms with van der Waals surface area (Å²) in [7, 11) is 1.95. The summed E-state index contributed by atoms with van der Waals surface area (Å²) in [5, 5.41) is 0. The minimum absolute atomic E-state index is 0.343. The third-order valence-electron chi connectivity index (χ3n) is 2.95. The Bertz CT molecular complexity index is 173. The predicted octanol–water partition coefficient (Wildman–Crippen LogP) is 3.21. The van der Waals surface area contributed by atoms with Gasteiger partial charge in [0.1, 0.15) is 0 Å². The molecule has 1 saturated carbocycles. The van der Waals surface area contributed by atoms with Crippen LogP contribution in [-0.2, 0) is 4.79 Å². The van der Waals surface area contributed by atoms with Crippen molar-refractivity contribution in [2.75, 3.05) is 7.05 Å². The minimum Gasteiger partial charge on any atom is -0.340 e. The molecule has 1 spiro atoms. The van der Waals surface area contributed by atoms with Crippen LogP contribution in [0.3, 0.4) is 0 Å². The maximum Gasteiger partial charge on any atom is 0.222 e. The molecule has 2 nitrogen and oxygen atoms in total. The van der Waals surface area contributed by atoms with E-state index in [1.165, 1.54) is 19.3 Å². The largest absolute Gasteiger partial charge is 0.340 e. The predicted molar refractivity (Wildman–Crippen MR) is 61.3 cm³/mol. The number of hydrogen-bond donors (Lipinski definition) is 0. The Labute approximate surface area is 88.7 Å². The Morgan fingerprint density at radius 3 is 1.93 bits per heavy atom. The molecule has 0 aromatic rings. The van der Waals surface area contributed by atoms with E-state index in [1.54, 1.807) is 0 Å². The Morgan fingerprint density at radius 2 is 1.57 bits per heavy atom. The number of carbonyl (C=O) groups is 1. The summed E-state index contributed by atoms with van der Waals surface area (Å²) in [4.78, 5) is 13.1. The molecule has 2 fully saturated rings. The summed E-state index contributed by atoms with van der Waals surface area (Å²) in [5.41, 5.74) is 0.343. The fourth-order valence-electron chi connectivity index (χ4n) is 1.90. The van der Waals surface area contributed by atoms with E-state index in [4.69, 9.17) is 0 Å². The fraction of sp³-hybridized carbons (Fsp3) is 0.917. The zero-order valence-corrected chi connectivity index (χ0v) is 10.4. The van der Waals surface area contributed by atoms with Crippen LogP contribution in [0, 0.1) is 0 Å². The van der Waals surface area contributed by atoms with Crippen LogP contribution in [0.25, 0.3) is 0 Å². The molecule has 1 amide bonds. The lowest BCUT2D eigenvalue weighted by Crippen LogP contribution is -2.42. The number of carbonyl (C=O) groups excluding carboxylic acids is 1. The second-order valence-electron chi connectivity index (χ2n) is 3.53. The van der Waals surface area contributed by atoms with E-state index in [9.17, 15) is 4.79 Å². The molecule has 0 atom stereocenters. The maximum atomic E-state index is 11.2. The highest BCUT2D eigenvalue weighted by Crippen LogP contribution is 2.47. The van der Waals surface area contributed by atoms with Crippen molar-refractivity contribution in [2.45, 2.75) is 65.3 Å². The fourth-order valence-corrected chi connectivity index (χ4v) is 1.90. The van der Waals surface area contributed by atoms with E-state index < -0.39 is 0 Å². The van der Waals surface area contributed by atoms with Crippen molar-refractivity contribution < 1.29 is 4.79 Å². The van der Waals surface area contributed by atoms with E-state index in [2.05, 4.69) is 0 Å². The lowest BCUT2D eigenvalue weighted by molar-refractivity contribution is -0.135. The van der Waals surface area contributed by atoms with E-state index >= 15 is 0 Å². The number of hydrogen-bond acceptors (Lipinski definition) is 1. The Hall–Kier alpha value is -0.530. The number of rotatable bonds is 0. The first-order valence-electron chi connectivity index (χ1n) is 6.01. The summed E-state index contributed by atoms with van der Waals surface area (Å²) in [5.74, 6) is 0.351. The van der Waals surface area contributed by atoms with Crippen molar-refractivity contribution in [3.63, 3.8) is 0 Å². The molecule has 14 heavy (non-hydrogen) atoms. The van der Waals surface area contributed by atoms with Gasteiger partial charge in [-0.2, -0.15) is 0 Å². The van der Waals surface area contributed by atoms with Crippen molar-refractivity contribution in [3.8, 4) is 0 Å². The molecule has 0 radical (unpaired) electrons. The SMILES string of the molecule is CC.CC.CN1C(=O)CCCC12CC2. The van der Waals surface area contributed by atoms with Crippen molar-refractivity contribution in [1.82, 2.24) is 4.90 Å². The summed E-state index contributed by atoms with van der Waals surface area (Å²) in [6, 6.07) is 0. The van der Waals surface area contributed by atoms with Crippen molar-refractivity contribution >= 4 is 5.91 Å². The average molecular weight is 199 g/mol. The second kappa shape index (κ2) is 6.05. The number of likely N-dealkylation sites (tertiary alicyclic amines) is 1. The van der Waals surface area contributed by atoms with Crippen LogP contribution < -0.4 is 0 Å². The van der Waals surface area contributed by atoms with Crippen LogP contribution >= 0.6 is 0 Å². The van der Waals surface area contributed by atoms with Gasteiger partial charge in [0, 0.05) is 19.0 Å². The molecule has 0 N–H and O–H groups in total. The molecule has 1 aliphatic heterocycles. The normalized spacial score (nSPS) is 21.8.